The predicted molar refractivity (Wildman–Crippen MR) is 67.4 cm³/mol. The molecular formula is C14H20N2O. The number of piperidine rings is 1. The number of H-pyrrole nitrogens is 1. The van der Waals surface area contributed by atoms with E-state index >= 15 is 0 Å². The van der Waals surface area contributed by atoms with Crippen LogP contribution in [-0.4, -0.2) is 35.8 Å². The standard InChI is InChI=1S/C14H20N2O/c1-8-9(2)15-12-6-10-4-5-16(3)7-11(10)14(17)13(8)12/h10-11,15H,4-7H2,1-3H3/t10-,11+/m0/s1. The Labute approximate surface area is 102 Å². The van der Waals surface area contributed by atoms with Crippen LogP contribution in [0.3, 0.4) is 0 Å². The van der Waals surface area contributed by atoms with Crippen LogP contribution in [0.25, 0.3) is 0 Å². The van der Waals surface area contributed by atoms with Crippen molar-refractivity contribution in [2.75, 3.05) is 20.1 Å². The van der Waals surface area contributed by atoms with Crippen molar-refractivity contribution in [1.82, 2.24) is 9.88 Å². The highest BCUT2D eigenvalue weighted by molar-refractivity contribution is 6.02. The molecule has 0 radical (unpaired) electrons. The van der Waals surface area contributed by atoms with E-state index < -0.39 is 0 Å². The molecule has 1 fully saturated rings. The molecular weight excluding hydrogens is 212 g/mol. The third-order valence-corrected chi connectivity index (χ3v) is 4.59. The molecule has 1 saturated heterocycles. The largest absolute Gasteiger partial charge is 0.362 e. The van der Waals surface area contributed by atoms with Crippen molar-refractivity contribution in [1.29, 1.82) is 0 Å². The number of nitrogens with zero attached hydrogens (tertiary/aromatic N) is 1. The van der Waals surface area contributed by atoms with Gasteiger partial charge in [-0.2, -0.15) is 0 Å². The van der Waals surface area contributed by atoms with Crippen LogP contribution in [0.1, 0.15) is 33.7 Å². The van der Waals surface area contributed by atoms with Crippen LogP contribution >= 0.6 is 0 Å². The third-order valence-electron chi connectivity index (χ3n) is 4.59. The minimum atomic E-state index is 0.232. The molecule has 1 N–H and O–H groups in total. The lowest BCUT2D eigenvalue weighted by atomic mass is 9.73. The van der Waals surface area contributed by atoms with Crippen LogP contribution in [0.5, 0.6) is 0 Å². The van der Waals surface area contributed by atoms with Crippen LogP contribution in [0.2, 0.25) is 0 Å². The minimum Gasteiger partial charge on any atom is -0.362 e. The Morgan fingerprint density at radius 3 is 2.88 bits per heavy atom. The molecule has 0 unspecified atom stereocenters. The topological polar surface area (TPSA) is 36.1 Å². The number of aryl methyl sites for hydroxylation is 1. The number of likely N-dealkylation sites (tertiary alicyclic amines) is 1. The molecule has 0 bridgehead atoms. The fraction of sp³-hybridized carbons (Fsp3) is 0.643. The molecule has 0 aromatic carbocycles. The van der Waals surface area contributed by atoms with E-state index in [0.29, 0.717) is 11.7 Å². The maximum Gasteiger partial charge on any atom is 0.169 e. The van der Waals surface area contributed by atoms with Gasteiger partial charge in [-0.15, -0.1) is 0 Å². The number of hydrogen-bond acceptors (Lipinski definition) is 2. The van der Waals surface area contributed by atoms with Gasteiger partial charge < -0.3 is 9.88 Å². The summed E-state index contributed by atoms with van der Waals surface area (Å²) in [4.78, 5) is 18.3. The van der Waals surface area contributed by atoms with Gasteiger partial charge >= 0.3 is 0 Å². The Bertz CT molecular complexity index is 475. The second kappa shape index (κ2) is 3.70. The summed E-state index contributed by atoms with van der Waals surface area (Å²) in [6.45, 7) is 6.20. The van der Waals surface area contributed by atoms with Crippen molar-refractivity contribution in [2.45, 2.75) is 26.7 Å². The van der Waals surface area contributed by atoms with E-state index in [2.05, 4.69) is 30.8 Å². The second-order valence-electron chi connectivity index (χ2n) is 5.71. The van der Waals surface area contributed by atoms with E-state index in [1.54, 1.807) is 0 Å². The number of rotatable bonds is 0. The Balaban J connectivity index is 2.03. The van der Waals surface area contributed by atoms with E-state index in [9.17, 15) is 4.79 Å². The summed E-state index contributed by atoms with van der Waals surface area (Å²) in [6, 6.07) is 0. The number of aromatic amines is 1. The van der Waals surface area contributed by atoms with Crippen LogP contribution in [0.15, 0.2) is 0 Å². The molecule has 1 aromatic heterocycles. The summed E-state index contributed by atoms with van der Waals surface area (Å²) < 4.78 is 0. The Morgan fingerprint density at radius 2 is 2.12 bits per heavy atom. The number of Topliss-reactive ketones (excluding diaryl/α,β-unsaturated/α-hetero) is 1. The summed E-state index contributed by atoms with van der Waals surface area (Å²) in [6.07, 6.45) is 2.22. The molecule has 3 rings (SSSR count). The van der Waals surface area contributed by atoms with Gasteiger partial charge in [-0.3, -0.25) is 4.79 Å². The maximum atomic E-state index is 12.6. The molecule has 1 aromatic rings. The number of nitrogens with one attached hydrogen (secondary N) is 1. The van der Waals surface area contributed by atoms with Gasteiger partial charge in [-0.1, -0.05) is 0 Å². The summed E-state index contributed by atoms with van der Waals surface area (Å²) >= 11 is 0. The lowest BCUT2D eigenvalue weighted by molar-refractivity contribution is 0.0705. The summed E-state index contributed by atoms with van der Waals surface area (Å²) in [7, 11) is 2.12. The first-order chi connectivity index (χ1) is 8.08. The van der Waals surface area contributed by atoms with Gasteiger partial charge in [0.2, 0.25) is 0 Å². The molecule has 3 nitrogen and oxygen atoms in total. The number of aromatic nitrogens is 1. The van der Waals surface area contributed by atoms with Crippen molar-refractivity contribution in [3.05, 3.63) is 22.5 Å². The van der Waals surface area contributed by atoms with Gasteiger partial charge in [0.1, 0.15) is 0 Å². The fourth-order valence-corrected chi connectivity index (χ4v) is 3.44. The first-order valence-electron chi connectivity index (χ1n) is 6.48. The molecule has 2 aliphatic rings. The monoisotopic (exact) mass is 232 g/mol. The van der Waals surface area contributed by atoms with Crippen LogP contribution in [0.4, 0.5) is 0 Å². The Morgan fingerprint density at radius 1 is 1.35 bits per heavy atom. The zero-order valence-corrected chi connectivity index (χ0v) is 10.8. The zero-order chi connectivity index (χ0) is 12.2. The highest BCUT2D eigenvalue weighted by Crippen LogP contribution is 2.37. The molecule has 1 aliphatic heterocycles. The van der Waals surface area contributed by atoms with Gasteiger partial charge in [0.15, 0.2) is 5.78 Å². The molecule has 3 heteroatoms. The average molecular weight is 232 g/mol. The van der Waals surface area contributed by atoms with Crippen molar-refractivity contribution in [3.63, 3.8) is 0 Å². The van der Waals surface area contributed by atoms with Crippen molar-refractivity contribution < 1.29 is 4.79 Å². The van der Waals surface area contributed by atoms with Crippen molar-refractivity contribution in [2.24, 2.45) is 11.8 Å². The molecule has 2 heterocycles. The molecule has 0 saturated carbocycles. The smallest absolute Gasteiger partial charge is 0.169 e. The molecule has 2 atom stereocenters. The van der Waals surface area contributed by atoms with Gasteiger partial charge in [-0.05, 0) is 51.8 Å². The van der Waals surface area contributed by atoms with Gasteiger partial charge in [-0.25, -0.2) is 0 Å². The normalized spacial score (nSPS) is 29.0. The van der Waals surface area contributed by atoms with Gasteiger partial charge in [0, 0.05) is 29.4 Å². The van der Waals surface area contributed by atoms with Crippen molar-refractivity contribution >= 4 is 5.78 Å². The number of fused-ring (bicyclic) bond motifs is 2. The lowest BCUT2D eigenvalue weighted by Crippen LogP contribution is -2.45. The Kier molecular flexibility index (Phi) is 2.40. The lowest BCUT2D eigenvalue weighted by Gasteiger charge is -2.38. The first kappa shape index (κ1) is 11.0. The van der Waals surface area contributed by atoms with E-state index in [4.69, 9.17) is 0 Å². The highest BCUT2D eigenvalue weighted by atomic mass is 16.1. The summed E-state index contributed by atoms with van der Waals surface area (Å²) in [5.41, 5.74) is 4.52. The number of carbonyl (C=O) groups is 1. The predicted octanol–water partition coefficient (Wildman–Crippen LogP) is 1.94. The number of hydrogen-bond donors (Lipinski definition) is 1. The third kappa shape index (κ3) is 1.56. The summed E-state index contributed by atoms with van der Waals surface area (Å²) in [5, 5.41) is 0. The van der Waals surface area contributed by atoms with E-state index in [1.165, 1.54) is 5.69 Å². The highest BCUT2D eigenvalue weighted by Gasteiger charge is 2.40. The summed E-state index contributed by atoms with van der Waals surface area (Å²) in [5.74, 6) is 1.17. The quantitative estimate of drug-likeness (QED) is 0.742. The second-order valence-corrected chi connectivity index (χ2v) is 5.71. The SMILES string of the molecule is Cc1[nH]c2c(c1C)C(=O)[C@@H]1CN(C)CC[C@H]1C2. The van der Waals surface area contributed by atoms with E-state index in [-0.39, 0.29) is 5.92 Å². The van der Waals surface area contributed by atoms with E-state index in [0.717, 1.165) is 42.8 Å². The zero-order valence-electron chi connectivity index (χ0n) is 10.8. The van der Waals surface area contributed by atoms with E-state index in [1.807, 2.05) is 0 Å². The van der Waals surface area contributed by atoms with Crippen LogP contribution < -0.4 is 0 Å². The van der Waals surface area contributed by atoms with Crippen molar-refractivity contribution in [3.8, 4) is 0 Å². The fourth-order valence-electron chi connectivity index (χ4n) is 3.44. The molecule has 17 heavy (non-hydrogen) atoms. The Hall–Kier alpha value is -1.09. The molecule has 92 valence electrons. The van der Waals surface area contributed by atoms with Gasteiger partial charge in [0.25, 0.3) is 0 Å². The van der Waals surface area contributed by atoms with Crippen LogP contribution in [-0.2, 0) is 6.42 Å². The molecule has 0 spiro atoms. The maximum absolute atomic E-state index is 12.6. The molecule has 0 amide bonds. The van der Waals surface area contributed by atoms with Gasteiger partial charge in [0.05, 0.1) is 0 Å². The molecule has 1 aliphatic carbocycles. The minimum absolute atomic E-state index is 0.232. The average Bonchev–Trinajstić information content (AvgIpc) is 2.57. The van der Waals surface area contributed by atoms with Crippen LogP contribution in [0, 0.1) is 25.7 Å². The number of carbonyl (C=O) groups excluding carboxylic acids is 1. The first-order valence-corrected chi connectivity index (χ1v) is 6.48. The number of ketones is 1.